The topological polar surface area (TPSA) is 65.4 Å². The Kier molecular flexibility index (Phi) is 9.37. The fourth-order valence-electron chi connectivity index (χ4n) is 4.31. The lowest BCUT2D eigenvalue weighted by Crippen LogP contribution is -2.26. The van der Waals surface area contributed by atoms with E-state index in [4.69, 9.17) is 14.5 Å². The van der Waals surface area contributed by atoms with E-state index in [0.717, 1.165) is 59.6 Å². The number of hydrogen-bond acceptors (Lipinski definition) is 4. The summed E-state index contributed by atoms with van der Waals surface area (Å²) in [6.07, 6.45) is 4.33. The van der Waals surface area contributed by atoms with Crippen molar-refractivity contribution >= 4 is 16.9 Å². The van der Waals surface area contributed by atoms with Crippen LogP contribution in [-0.4, -0.2) is 35.2 Å². The van der Waals surface area contributed by atoms with Gasteiger partial charge in [-0.3, -0.25) is 4.79 Å². The highest BCUT2D eigenvalue weighted by molar-refractivity contribution is 5.78. The van der Waals surface area contributed by atoms with Gasteiger partial charge in [-0.25, -0.2) is 4.98 Å². The lowest BCUT2D eigenvalue weighted by molar-refractivity contribution is -0.120. The highest BCUT2D eigenvalue weighted by atomic mass is 16.5. The molecule has 4 aromatic rings. The van der Waals surface area contributed by atoms with Crippen LogP contribution in [0.4, 0.5) is 0 Å². The molecule has 0 aliphatic rings. The average Bonchev–Trinajstić information content (AvgIpc) is 3.25. The van der Waals surface area contributed by atoms with E-state index in [-0.39, 0.29) is 5.91 Å². The van der Waals surface area contributed by atoms with Crippen molar-refractivity contribution in [2.24, 2.45) is 0 Å². The minimum absolute atomic E-state index is 0.0777. The van der Waals surface area contributed by atoms with Crippen LogP contribution in [-0.2, 0) is 24.2 Å². The fraction of sp³-hybridized carbons (Fsp3) is 0.333. The Balaban J connectivity index is 1.26. The minimum Gasteiger partial charge on any atom is -0.490 e. The number of fused-ring (bicyclic) bond motifs is 1. The second-order valence-corrected chi connectivity index (χ2v) is 8.72. The number of carbonyl (C=O) groups is 1. The molecule has 36 heavy (non-hydrogen) atoms. The number of nitrogens with zero attached hydrogens (tertiary/aromatic N) is 2. The number of para-hydroxylation sites is 4. The molecule has 1 amide bonds. The molecule has 0 unspecified atom stereocenters. The molecule has 1 heterocycles. The van der Waals surface area contributed by atoms with Gasteiger partial charge in [-0.1, -0.05) is 61.0 Å². The van der Waals surface area contributed by atoms with Crippen molar-refractivity contribution in [3.05, 3.63) is 90.3 Å². The van der Waals surface area contributed by atoms with E-state index >= 15 is 0 Å². The summed E-state index contributed by atoms with van der Waals surface area (Å²) in [6, 6.07) is 25.9. The molecular weight excluding hydrogens is 450 g/mol. The van der Waals surface area contributed by atoms with Gasteiger partial charge >= 0.3 is 0 Å². The van der Waals surface area contributed by atoms with Gasteiger partial charge in [-0.15, -0.1) is 0 Å². The van der Waals surface area contributed by atoms with Crippen LogP contribution < -0.4 is 14.8 Å². The first kappa shape index (κ1) is 25.3. The van der Waals surface area contributed by atoms with E-state index < -0.39 is 0 Å². The summed E-state index contributed by atoms with van der Waals surface area (Å²) >= 11 is 0. The number of amides is 1. The summed E-state index contributed by atoms with van der Waals surface area (Å²) in [4.78, 5) is 17.0. The van der Waals surface area contributed by atoms with Crippen LogP contribution in [0.2, 0.25) is 0 Å². The number of imidazole rings is 1. The zero-order valence-electron chi connectivity index (χ0n) is 21.0. The highest BCUT2D eigenvalue weighted by Crippen LogP contribution is 2.26. The van der Waals surface area contributed by atoms with Gasteiger partial charge in [-0.05, 0) is 49.6 Å². The first-order valence-corrected chi connectivity index (χ1v) is 12.8. The first-order chi connectivity index (χ1) is 17.7. The normalized spacial score (nSPS) is 10.9. The van der Waals surface area contributed by atoms with Gasteiger partial charge in [0.05, 0.1) is 30.6 Å². The van der Waals surface area contributed by atoms with E-state index in [1.165, 1.54) is 0 Å². The number of aromatic nitrogens is 2. The second kappa shape index (κ2) is 13.3. The molecule has 1 aromatic heterocycles. The zero-order chi connectivity index (χ0) is 25.0. The third-order valence-corrected chi connectivity index (χ3v) is 6.06. The molecule has 6 heteroatoms. The molecule has 6 nitrogen and oxygen atoms in total. The van der Waals surface area contributed by atoms with Crippen LogP contribution in [0.25, 0.3) is 11.0 Å². The number of aryl methyl sites for hydroxylation is 1. The van der Waals surface area contributed by atoms with Crippen molar-refractivity contribution < 1.29 is 14.3 Å². The molecule has 0 aliphatic carbocycles. The van der Waals surface area contributed by atoms with Crippen LogP contribution in [0.1, 0.15) is 37.6 Å². The Hall–Kier alpha value is -3.80. The molecule has 0 saturated heterocycles. The second-order valence-electron chi connectivity index (χ2n) is 8.72. The maximum atomic E-state index is 12.1. The monoisotopic (exact) mass is 485 g/mol. The predicted octanol–water partition coefficient (Wildman–Crippen LogP) is 5.59. The smallest absolute Gasteiger partial charge is 0.224 e. The average molecular weight is 486 g/mol. The van der Waals surface area contributed by atoms with Gasteiger partial charge in [-0.2, -0.15) is 0 Å². The van der Waals surface area contributed by atoms with E-state index in [2.05, 4.69) is 22.0 Å². The van der Waals surface area contributed by atoms with Crippen molar-refractivity contribution in [1.82, 2.24) is 14.9 Å². The lowest BCUT2D eigenvalue weighted by atomic mass is 10.1. The number of carbonyl (C=O) groups excluding carboxylic acids is 1. The maximum absolute atomic E-state index is 12.1. The summed E-state index contributed by atoms with van der Waals surface area (Å²) in [7, 11) is 0. The van der Waals surface area contributed by atoms with Crippen molar-refractivity contribution in [1.29, 1.82) is 0 Å². The Bertz CT molecular complexity index is 1240. The molecule has 4 rings (SSSR count). The Labute approximate surface area is 213 Å². The summed E-state index contributed by atoms with van der Waals surface area (Å²) in [6.45, 7) is 4.53. The van der Waals surface area contributed by atoms with E-state index in [1.807, 2.05) is 73.7 Å². The molecule has 0 bridgehead atoms. The third-order valence-electron chi connectivity index (χ3n) is 6.06. The number of unbranched alkanes of at least 4 members (excludes halogenated alkanes) is 2. The van der Waals surface area contributed by atoms with E-state index in [1.54, 1.807) is 0 Å². The number of nitrogens with one attached hydrogen (secondary N) is 1. The SMILES string of the molecule is CCOc1ccccc1OCCn1c(CCCCCNC(=O)Cc2ccccc2)nc2ccccc21. The van der Waals surface area contributed by atoms with E-state index in [0.29, 0.717) is 32.7 Å². The van der Waals surface area contributed by atoms with Gasteiger partial charge in [0.1, 0.15) is 12.4 Å². The quantitative estimate of drug-likeness (QED) is 0.237. The van der Waals surface area contributed by atoms with Crippen molar-refractivity contribution in [2.45, 2.75) is 45.6 Å². The molecule has 0 atom stereocenters. The van der Waals surface area contributed by atoms with Crippen molar-refractivity contribution in [2.75, 3.05) is 19.8 Å². The molecule has 3 aromatic carbocycles. The number of rotatable bonds is 14. The molecular formula is C30H35N3O3. The van der Waals surface area contributed by atoms with Crippen LogP contribution in [0, 0.1) is 0 Å². The number of ether oxygens (including phenoxy) is 2. The Morgan fingerprint density at radius 1 is 0.861 bits per heavy atom. The fourth-order valence-corrected chi connectivity index (χ4v) is 4.31. The van der Waals surface area contributed by atoms with Gasteiger partial charge < -0.3 is 19.4 Å². The van der Waals surface area contributed by atoms with Gasteiger partial charge in [0.2, 0.25) is 5.91 Å². The van der Waals surface area contributed by atoms with Crippen LogP contribution in [0.15, 0.2) is 78.9 Å². The molecule has 0 spiro atoms. The number of benzene rings is 3. The highest BCUT2D eigenvalue weighted by Gasteiger charge is 2.11. The lowest BCUT2D eigenvalue weighted by Gasteiger charge is -2.13. The van der Waals surface area contributed by atoms with E-state index in [9.17, 15) is 4.79 Å². The van der Waals surface area contributed by atoms with Crippen LogP contribution >= 0.6 is 0 Å². The summed E-state index contributed by atoms with van der Waals surface area (Å²) in [5, 5.41) is 3.03. The van der Waals surface area contributed by atoms with Crippen molar-refractivity contribution in [3.63, 3.8) is 0 Å². The summed E-state index contributed by atoms with van der Waals surface area (Å²) in [5.41, 5.74) is 3.18. The molecule has 0 aliphatic heterocycles. The standard InChI is InChI=1S/C30H35N3O3/c1-2-35-27-17-10-11-18-28(27)36-22-21-33-26-16-9-8-15-25(26)32-29(33)19-7-4-12-20-31-30(34)23-24-13-5-3-6-14-24/h3,5-6,8-11,13-18H,2,4,7,12,19-23H2,1H3,(H,31,34). The van der Waals surface area contributed by atoms with Gasteiger partial charge in [0.25, 0.3) is 0 Å². The van der Waals surface area contributed by atoms with Crippen LogP contribution in [0.5, 0.6) is 11.5 Å². The van der Waals surface area contributed by atoms with Crippen molar-refractivity contribution in [3.8, 4) is 11.5 Å². The summed E-state index contributed by atoms with van der Waals surface area (Å²) in [5.74, 6) is 2.69. The van der Waals surface area contributed by atoms with Crippen LogP contribution in [0.3, 0.4) is 0 Å². The maximum Gasteiger partial charge on any atom is 0.224 e. The third kappa shape index (κ3) is 7.11. The van der Waals surface area contributed by atoms with Gasteiger partial charge in [0, 0.05) is 13.0 Å². The zero-order valence-corrected chi connectivity index (χ0v) is 21.0. The predicted molar refractivity (Wildman–Crippen MR) is 144 cm³/mol. The molecule has 188 valence electrons. The van der Waals surface area contributed by atoms with Gasteiger partial charge in [0.15, 0.2) is 11.5 Å². The molecule has 0 saturated carbocycles. The molecule has 1 N–H and O–H groups in total. The summed E-state index contributed by atoms with van der Waals surface area (Å²) < 4.78 is 14.0. The Morgan fingerprint density at radius 3 is 2.39 bits per heavy atom. The molecule has 0 fully saturated rings. The molecule has 0 radical (unpaired) electrons. The largest absolute Gasteiger partial charge is 0.490 e. The first-order valence-electron chi connectivity index (χ1n) is 12.8. The number of hydrogen-bond donors (Lipinski definition) is 1. The Morgan fingerprint density at radius 2 is 1.58 bits per heavy atom. The minimum atomic E-state index is 0.0777.